The Hall–Kier alpha value is -0.610. The molecule has 0 bridgehead atoms. The van der Waals surface area contributed by atoms with Crippen molar-refractivity contribution in [2.45, 2.75) is 13.3 Å². The molecular weight excluding hydrogens is 260 g/mol. The van der Waals surface area contributed by atoms with Gasteiger partial charge in [0.05, 0.1) is 5.69 Å². The zero-order chi connectivity index (χ0) is 10.1. The van der Waals surface area contributed by atoms with Crippen LogP contribution in [0.15, 0.2) is 22.1 Å². The Balaban J connectivity index is 2.33. The lowest BCUT2D eigenvalue weighted by Crippen LogP contribution is -1.98. The van der Waals surface area contributed by atoms with Crippen LogP contribution in [0, 0.1) is 6.92 Å². The van der Waals surface area contributed by atoms with Crippen LogP contribution in [0.1, 0.15) is 16.4 Å². The lowest BCUT2D eigenvalue weighted by atomic mass is 10.3. The van der Waals surface area contributed by atoms with Gasteiger partial charge in [-0.15, -0.1) is 11.3 Å². The van der Waals surface area contributed by atoms with E-state index in [2.05, 4.69) is 50.0 Å². The second-order valence-corrected chi connectivity index (χ2v) is 5.00. The van der Waals surface area contributed by atoms with E-state index in [0.717, 1.165) is 16.8 Å². The number of hydrogen-bond donors (Lipinski definition) is 0. The van der Waals surface area contributed by atoms with Crippen molar-refractivity contribution >= 4 is 27.3 Å². The van der Waals surface area contributed by atoms with E-state index < -0.39 is 0 Å². The first kappa shape index (κ1) is 9.93. The molecule has 0 radical (unpaired) electrons. The highest BCUT2D eigenvalue weighted by atomic mass is 79.9. The Kier molecular flexibility index (Phi) is 2.74. The van der Waals surface area contributed by atoms with Crippen molar-refractivity contribution in [1.82, 2.24) is 9.55 Å². The first-order valence-corrected chi connectivity index (χ1v) is 6.06. The van der Waals surface area contributed by atoms with E-state index in [-0.39, 0.29) is 0 Å². The van der Waals surface area contributed by atoms with Gasteiger partial charge >= 0.3 is 0 Å². The number of thiophene rings is 1. The number of aromatic nitrogens is 2. The maximum absolute atomic E-state index is 4.38. The highest BCUT2D eigenvalue weighted by Crippen LogP contribution is 2.22. The van der Waals surface area contributed by atoms with Gasteiger partial charge in [-0.25, -0.2) is 4.98 Å². The van der Waals surface area contributed by atoms with Gasteiger partial charge in [-0.1, -0.05) is 6.07 Å². The summed E-state index contributed by atoms with van der Waals surface area (Å²) in [4.78, 5) is 5.74. The maximum atomic E-state index is 4.38. The molecule has 2 rings (SSSR count). The molecule has 74 valence electrons. The van der Waals surface area contributed by atoms with Crippen LogP contribution < -0.4 is 0 Å². The lowest BCUT2D eigenvalue weighted by Gasteiger charge is -2.02. The normalized spacial score (nSPS) is 10.8. The van der Waals surface area contributed by atoms with Gasteiger partial charge in [0.1, 0.15) is 10.4 Å². The van der Waals surface area contributed by atoms with Crippen LogP contribution in [0.5, 0.6) is 0 Å². The molecule has 0 aliphatic rings. The third-order valence-corrected chi connectivity index (χ3v) is 3.82. The molecule has 4 heteroatoms. The third kappa shape index (κ3) is 1.77. The molecule has 0 N–H and O–H groups in total. The van der Waals surface area contributed by atoms with E-state index >= 15 is 0 Å². The SMILES string of the molecule is Cc1nc(Br)c(Cc2cccs2)n1C. The first-order chi connectivity index (χ1) is 6.68. The van der Waals surface area contributed by atoms with Crippen molar-refractivity contribution in [1.29, 1.82) is 0 Å². The van der Waals surface area contributed by atoms with Crippen molar-refractivity contribution in [3.8, 4) is 0 Å². The second kappa shape index (κ2) is 3.87. The zero-order valence-corrected chi connectivity index (χ0v) is 10.5. The maximum Gasteiger partial charge on any atom is 0.127 e. The molecule has 0 amide bonds. The molecule has 0 aromatic carbocycles. The Morgan fingerprint density at radius 3 is 2.86 bits per heavy atom. The van der Waals surface area contributed by atoms with Gasteiger partial charge in [-0.05, 0) is 34.3 Å². The van der Waals surface area contributed by atoms with Crippen molar-refractivity contribution in [3.63, 3.8) is 0 Å². The van der Waals surface area contributed by atoms with Gasteiger partial charge < -0.3 is 4.57 Å². The van der Waals surface area contributed by atoms with Gasteiger partial charge in [0, 0.05) is 18.3 Å². The van der Waals surface area contributed by atoms with Gasteiger partial charge in [-0.2, -0.15) is 0 Å². The summed E-state index contributed by atoms with van der Waals surface area (Å²) in [6.45, 7) is 2.02. The number of imidazole rings is 1. The van der Waals surface area contributed by atoms with Gasteiger partial charge in [0.2, 0.25) is 0 Å². The summed E-state index contributed by atoms with van der Waals surface area (Å²) in [5.74, 6) is 1.04. The Morgan fingerprint density at radius 2 is 2.36 bits per heavy atom. The quantitative estimate of drug-likeness (QED) is 0.820. The fourth-order valence-corrected chi connectivity index (χ4v) is 2.76. The van der Waals surface area contributed by atoms with Gasteiger partial charge in [0.25, 0.3) is 0 Å². The Bertz CT molecular complexity index is 431. The third-order valence-electron chi connectivity index (χ3n) is 2.31. The number of nitrogens with zero attached hydrogens (tertiary/aromatic N) is 2. The summed E-state index contributed by atoms with van der Waals surface area (Å²) in [6.07, 6.45) is 0.954. The van der Waals surface area contributed by atoms with Crippen LogP contribution in [0.2, 0.25) is 0 Å². The molecule has 0 aliphatic carbocycles. The monoisotopic (exact) mass is 270 g/mol. The largest absolute Gasteiger partial charge is 0.334 e. The summed E-state index contributed by atoms with van der Waals surface area (Å²) in [7, 11) is 2.05. The molecule has 0 fully saturated rings. The predicted octanol–water partition coefficient (Wildman–Crippen LogP) is 3.14. The second-order valence-electron chi connectivity index (χ2n) is 3.21. The molecular formula is C10H11BrN2S. The minimum absolute atomic E-state index is 0.954. The fraction of sp³-hybridized carbons (Fsp3) is 0.300. The Morgan fingerprint density at radius 1 is 1.57 bits per heavy atom. The number of hydrogen-bond acceptors (Lipinski definition) is 2. The standard InChI is InChI=1S/C10H11BrN2S/c1-7-12-10(11)9(13(7)2)6-8-4-3-5-14-8/h3-5H,6H2,1-2H3. The Labute approximate surface area is 95.7 Å². The van der Waals surface area contributed by atoms with Crippen molar-refractivity contribution in [2.75, 3.05) is 0 Å². The van der Waals surface area contributed by atoms with Gasteiger partial charge in [-0.3, -0.25) is 0 Å². The summed E-state index contributed by atoms with van der Waals surface area (Å²) >= 11 is 5.27. The van der Waals surface area contributed by atoms with E-state index in [4.69, 9.17) is 0 Å². The average Bonchev–Trinajstić information content (AvgIpc) is 2.71. The topological polar surface area (TPSA) is 17.8 Å². The molecule has 2 heterocycles. The minimum atomic E-state index is 0.954. The summed E-state index contributed by atoms with van der Waals surface area (Å²) in [5, 5.41) is 2.10. The number of aryl methyl sites for hydroxylation is 1. The molecule has 2 aromatic rings. The van der Waals surface area contributed by atoms with Crippen LogP contribution in [0.3, 0.4) is 0 Å². The van der Waals surface area contributed by atoms with Crippen LogP contribution in [0.25, 0.3) is 0 Å². The number of rotatable bonds is 2. The highest BCUT2D eigenvalue weighted by molar-refractivity contribution is 9.10. The van der Waals surface area contributed by atoms with Crippen LogP contribution in [-0.4, -0.2) is 9.55 Å². The van der Waals surface area contributed by atoms with Gasteiger partial charge in [0.15, 0.2) is 0 Å². The van der Waals surface area contributed by atoms with Crippen molar-refractivity contribution in [2.24, 2.45) is 7.05 Å². The average molecular weight is 271 g/mol. The highest BCUT2D eigenvalue weighted by Gasteiger charge is 2.10. The van der Waals surface area contributed by atoms with E-state index in [1.165, 1.54) is 10.6 Å². The lowest BCUT2D eigenvalue weighted by molar-refractivity contribution is 0.808. The minimum Gasteiger partial charge on any atom is -0.334 e. The summed E-state index contributed by atoms with van der Waals surface area (Å²) in [6, 6.07) is 4.23. The molecule has 0 aliphatic heterocycles. The fourth-order valence-electron chi connectivity index (χ4n) is 1.39. The molecule has 0 saturated heterocycles. The van der Waals surface area contributed by atoms with Crippen LogP contribution in [-0.2, 0) is 13.5 Å². The van der Waals surface area contributed by atoms with Crippen LogP contribution >= 0.6 is 27.3 Å². The molecule has 0 saturated carbocycles. The van der Waals surface area contributed by atoms with E-state index in [1.807, 2.05) is 6.92 Å². The van der Waals surface area contributed by atoms with E-state index in [9.17, 15) is 0 Å². The molecule has 14 heavy (non-hydrogen) atoms. The van der Waals surface area contributed by atoms with E-state index in [1.54, 1.807) is 11.3 Å². The van der Waals surface area contributed by atoms with Crippen molar-refractivity contribution < 1.29 is 0 Å². The first-order valence-electron chi connectivity index (χ1n) is 4.38. The summed E-state index contributed by atoms with van der Waals surface area (Å²) < 4.78 is 3.09. The molecule has 0 spiro atoms. The smallest absolute Gasteiger partial charge is 0.127 e. The zero-order valence-electron chi connectivity index (χ0n) is 8.12. The predicted molar refractivity (Wildman–Crippen MR) is 62.8 cm³/mol. The molecule has 0 unspecified atom stereocenters. The number of halogens is 1. The molecule has 2 aromatic heterocycles. The summed E-state index contributed by atoms with van der Waals surface area (Å²) in [5.41, 5.74) is 1.24. The van der Waals surface area contributed by atoms with Crippen LogP contribution in [0.4, 0.5) is 0 Å². The molecule has 0 atom stereocenters. The van der Waals surface area contributed by atoms with Crippen molar-refractivity contribution in [3.05, 3.63) is 38.5 Å². The molecule has 2 nitrogen and oxygen atoms in total. The van der Waals surface area contributed by atoms with E-state index in [0.29, 0.717) is 0 Å².